The van der Waals surface area contributed by atoms with Gasteiger partial charge in [0.15, 0.2) is 0 Å². The molecule has 0 saturated carbocycles. The topological polar surface area (TPSA) is 34.9 Å². The van der Waals surface area contributed by atoms with Crippen molar-refractivity contribution in [3.63, 3.8) is 0 Å². The van der Waals surface area contributed by atoms with Crippen LogP contribution >= 0.6 is 0 Å². The van der Waals surface area contributed by atoms with Gasteiger partial charge in [-0.05, 0) is 49.7 Å². The average Bonchev–Trinajstić information content (AvgIpc) is 2.40. The Morgan fingerprint density at radius 3 is 2.68 bits per heavy atom. The molecule has 3 rings (SSSR count). The third-order valence-electron chi connectivity index (χ3n) is 3.20. The molecule has 2 heterocycles. The van der Waals surface area contributed by atoms with Crippen LogP contribution in [-0.2, 0) is 0 Å². The van der Waals surface area contributed by atoms with Gasteiger partial charge >= 0.3 is 0 Å². The molecule has 0 aliphatic rings. The first-order chi connectivity index (χ1) is 9.16. The minimum Gasteiger partial charge on any atom is -0.269 e. The average molecular weight is 250 g/mol. The molecule has 0 spiro atoms. The first-order valence-electron chi connectivity index (χ1n) is 6.21. The molecule has 3 nitrogen and oxygen atoms in total. The van der Waals surface area contributed by atoms with Crippen LogP contribution in [0.15, 0.2) is 53.5 Å². The van der Waals surface area contributed by atoms with Gasteiger partial charge < -0.3 is 0 Å². The summed E-state index contributed by atoms with van der Waals surface area (Å²) in [6, 6.07) is 13.6. The Labute approximate surface area is 111 Å². The summed E-state index contributed by atoms with van der Waals surface area (Å²) in [6.07, 6.45) is 1.71. The molecular weight excluding hydrogens is 236 g/mol. The van der Waals surface area contributed by atoms with Crippen LogP contribution in [0.25, 0.3) is 16.7 Å². The van der Waals surface area contributed by atoms with Crippen LogP contribution in [0.5, 0.6) is 0 Å². The minimum absolute atomic E-state index is 0.0169. The summed E-state index contributed by atoms with van der Waals surface area (Å²) in [7, 11) is 0. The summed E-state index contributed by atoms with van der Waals surface area (Å²) in [5.74, 6) is 0. The quantitative estimate of drug-likeness (QED) is 0.665. The number of nitrogens with zero attached hydrogens (tertiary/aromatic N) is 2. The van der Waals surface area contributed by atoms with E-state index in [9.17, 15) is 4.79 Å². The van der Waals surface area contributed by atoms with Crippen LogP contribution in [0.1, 0.15) is 11.1 Å². The van der Waals surface area contributed by atoms with E-state index in [0.717, 1.165) is 22.2 Å². The van der Waals surface area contributed by atoms with Crippen molar-refractivity contribution in [2.24, 2.45) is 0 Å². The zero-order chi connectivity index (χ0) is 13.4. The van der Waals surface area contributed by atoms with E-state index < -0.39 is 0 Å². The van der Waals surface area contributed by atoms with E-state index in [0.29, 0.717) is 5.65 Å². The monoisotopic (exact) mass is 250 g/mol. The highest BCUT2D eigenvalue weighted by Gasteiger charge is 2.09. The number of aryl methyl sites for hydroxylation is 2. The first-order valence-corrected chi connectivity index (χ1v) is 6.21. The van der Waals surface area contributed by atoms with Gasteiger partial charge in [0, 0.05) is 17.1 Å². The van der Waals surface area contributed by atoms with E-state index >= 15 is 0 Å². The van der Waals surface area contributed by atoms with Crippen LogP contribution in [0, 0.1) is 13.8 Å². The largest absolute Gasteiger partial charge is 0.269 e. The molecule has 19 heavy (non-hydrogen) atoms. The lowest BCUT2D eigenvalue weighted by molar-refractivity contribution is 0.993. The maximum atomic E-state index is 12.4. The molecule has 0 aliphatic carbocycles. The van der Waals surface area contributed by atoms with Gasteiger partial charge in [-0.25, -0.2) is 4.98 Å². The maximum Gasteiger partial charge on any atom is 0.259 e. The van der Waals surface area contributed by atoms with Crippen molar-refractivity contribution < 1.29 is 0 Å². The fraction of sp³-hybridized carbons (Fsp3) is 0.125. The second-order valence-corrected chi connectivity index (χ2v) is 4.72. The maximum absolute atomic E-state index is 12.4. The number of pyridine rings is 2. The Hall–Kier alpha value is -2.42. The van der Waals surface area contributed by atoms with Gasteiger partial charge in [-0.2, -0.15) is 0 Å². The molecule has 94 valence electrons. The van der Waals surface area contributed by atoms with Crippen LogP contribution in [0.4, 0.5) is 0 Å². The van der Waals surface area contributed by atoms with Gasteiger partial charge in [0.25, 0.3) is 5.56 Å². The molecular formula is C16H14N2O. The standard InChI is InChI=1S/C16H14N2O/c1-11-5-3-7-14(9-11)18-15-13(6-4-8-17-15)10-12(2)16(18)19/h3-10H,1-2H3. The highest BCUT2D eigenvalue weighted by molar-refractivity contribution is 5.77. The summed E-state index contributed by atoms with van der Waals surface area (Å²) in [5.41, 5.74) is 3.38. The molecule has 0 amide bonds. The molecule has 0 saturated heterocycles. The number of rotatable bonds is 1. The highest BCUT2D eigenvalue weighted by atomic mass is 16.1. The van der Waals surface area contributed by atoms with Crippen LogP contribution in [-0.4, -0.2) is 9.55 Å². The highest BCUT2D eigenvalue weighted by Crippen LogP contribution is 2.16. The van der Waals surface area contributed by atoms with E-state index in [2.05, 4.69) is 4.98 Å². The fourth-order valence-corrected chi connectivity index (χ4v) is 2.28. The van der Waals surface area contributed by atoms with Gasteiger partial charge in [-0.15, -0.1) is 0 Å². The van der Waals surface area contributed by atoms with Gasteiger partial charge in [-0.1, -0.05) is 12.1 Å². The Kier molecular flexibility index (Phi) is 2.67. The van der Waals surface area contributed by atoms with Crippen molar-refractivity contribution in [2.75, 3.05) is 0 Å². The molecule has 1 aromatic carbocycles. The van der Waals surface area contributed by atoms with Crippen LogP contribution in [0.2, 0.25) is 0 Å². The van der Waals surface area contributed by atoms with Gasteiger partial charge in [0.1, 0.15) is 5.65 Å². The molecule has 0 aliphatic heterocycles. The molecule has 0 fully saturated rings. The van der Waals surface area contributed by atoms with Crippen LogP contribution < -0.4 is 5.56 Å². The zero-order valence-electron chi connectivity index (χ0n) is 10.9. The van der Waals surface area contributed by atoms with E-state index in [1.165, 1.54) is 0 Å². The number of benzene rings is 1. The molecule has 0 radical (unpaired) electrons. The predicted molar refractivity (Wildman–Crippen MR) is 76.8 cm³/mol. The molecule has 0 N–H and O–H groups in total. The third-order valence-corrected chi connectivity index (χ3v) is 3.20. The SMILES string of the molecule is Cc1cccc(-n2c(=O)c(C)cc3cccnc32)c1. The lowest BCUT2D eigenvalue weighted by Gasteiger charge is -2.11. The smallest absolute Gasteiger partial charge is 0.259 e. The predicted octanol–water partition coefficient (Wildman–Crippen LogP) is 3.00. The molecule has 2 aromatic heterocycles. The summed E-state index contributed by atoms with van der Waals surface area (Å²) >= 11 is 0. The Morgan fingerprint density at radius 1 is 1.05 bits per heavy atom. The van der Waals surface area contributed by atoms with Gasteiger partial charge in [0.05, 0.1) is 5.69 Å². The number of fused-ring (bicyclic) bond motifs is 1. The number of hydrogen-bond donors (Lipinski definition) is 0. The van der Waals surface area contributed by atoms with E-state index in [1.807, 2.05) is 56.3 Å². The van der Waals surface area contributed by atoms with E-state index in [4.69, 9.17) is 0 Å². The Bertz CT molecular complexity index is 818. The molecule has 3 heteroatoms. The summed E-state index contributed by atoms with van der Waals surface area (Å²) in [5, 5.41) is 0.973. The van der Waals surface area contributed by atoms with Crippen molar-refractivity contribution >= 4 is 11.0 Å². The fourth-order valence-electron chi connectivity index (χ4n) is 2.28. The third kappa shape index (κ3) is 1.93. The summed E-state index contributed by atoms with van der Waals surface area (Å²) < 4.78 is 1.68. The molecule has 3 aromatic rings. The van der Waals surface area contributed by atoms with Crippen LogP contribution in [0.3, 0.4) is 0 Å². The second-order valence-electron chi connectivity index (χ2n) is 4.72. The Morgan fingerprint density at radius 2 is 1.89 bits per heavy atom. The van der Waals surface area contributed by atoms with Crippen molar-refractivity contribution in [2.45, 2.75) is 13.8 Å². The minimum atomic E-state index is -0.0169. The van der Waals surface area contributed by atoms with Crippen molar-refractivity contribution in [1.82, 2.24) is 9.55 Å². The van der Waals surface area contributed by atoms with Crippen molar-refractivity contribution in [3.8, 4) is 5.69 Å². The van der Waals surface area contributed by atoms with E-state index in [1.54, 1.807) is 10.8 Å². The van der Waals surface area contributed by atoms with Crippen molar-refractivity contribution in [3.05, 3.63) is 70.1 Å². The number of hydrogen-bond acceptors (Lipinski definition) is 2. The second kappa shape index (κ2) is 4.35. The van der Waals surface area contributed by atoms with E-state index in [-0.39, 0.29) is 5.56 Å². The normalized spacial score (nSPS) is 10.8. The van der Waals surface area contributed by atoms with Gasteiger partial charge in [0.2, 0.25) is 0 Å². The lowest BCUT2D eigenvalue weighted by atomic mass is 10.2. The molecule has 0 bridgehead atoms. The molecule has 0 unspecified atom stereocenters. The molecule has 0 atom stereocenters. The van der Waals surface area contributed by atoms with Crippen molar-refractivity contribution in [1.29, 1.82) is 0 Å². The summed E-state index contributed by atoms with van der Waals surface area (Å²) in [6.45, 7) is 3.85. The first kappa shape index (κ1) is 11.7. The lowest BCUT2D eigenvalue weighted by Crippen LogP contribution is -2.21. The zero-order valence-corrected chi connectivity index (χ0v) is 10.9. The Balaban J connectivity index is 2.46. The van der Waals surface area contributed by atoms with Gasteiger partial charge in [-0.3, -0.25) is 9.36 Å². The summed E-state index contributed by atoms with van der Waals surface area (Å²) in [4.78, 5) is 16.8. The number of aromatic nitrogens is 2.